The number of nitrogens with one attached hydrogen (secondary N) is 1. The van der Waals surface area contributed by atoms with E-state index in [2.05, 4.69) is 56.1 Å². The molecule has 2 heterocycles. The molecule has 1 aromatic carbocycles. The van der Waals surface area contributed by atoms with E-state index in [1.165, 1.54) is 24.9 Å². The largest absolute Gasteiger partial charge is 0.371 e. The summed E-state index contributed by atoms with van der Waals surface area (Å²) in [5.74, 6) is 1.67. The molecule has 1 aliphatic carbocycles. The molecule has 0 radical (unpaired) electrons. The summed E-state index contributed by atoms with van der Waals surface area (Å²) in [5.41, 5.74) is 1.34. The summed E-state index contributed by atoms with van der Waals surface area (Å²) in [5, 5.41) is 15.6. The number of rotatable bonds is 6. The van der Waals surface area contributed by atoms with Crippen LogP contribution in [0.5, 0.6) is 0 Å². The van der Waals surface area contributed by atoms with Gasteiger partial charge in [0, 0.05) is 25.3 Å². The van der Waals surface area contributed by atoms with Gasteiger partial charge in [-0.25, -0.2) is 4.68 Å². The molecule has 1 aromatic heterocycles. The van der Waals surface area contributed by atoms with E-state index >= 15 is 0 Å². The molecule has 2 aliphatic rings. The Balaban J connectivity index is 1.26. The van der Waals surface area contributed by atoms with Gasteiger partial charge >= 0.3 is 0 Å². The van der Waals surface area contributed by atoms with Crippen LogP contribution in [0.1, 0.15) is 31.1 Å². The molecule has 2 fully saturated rings. The van der Waals surface area contributed by atoms with Crippen molar-refractivity contribution in [1.82, 2.24) is 25.5 Å². The second kappa shape index (κ2) is 6.04. The molecule has 116 valence electrons. The molecule has 0 amide bonds. The molecule has 0 spiro atoms. The molecule has 6 nitrogen and oxygen atoms in total. The van der Waals surface area contributed by atoms with Crippen molar-refractivity contribution in [2.45, 2.75) is 31.8 Å². The predicted molar refractivity (Wildman–Crippen MR) is 84.6 cm³/mol. The summed E-state index contributed by atoms with van der Waals surface area (Å²) in [6.45, 7) is 4.08. The van der Waals surface area contributed by atoms with Gasteiger partial charge in [-0.15, -0.1) is 5.10 Å². The molecule has 1 N–H and O–H groups in total. The van der Waals surface area contributed by atoms with Gasteiger partial charge < -0.3 is 10.2 Å². The quantitative estimate of drug-likeness (QED) is 0.878. The molecule has 1 atom stereocenters. The zero-order chi connectivity index (χ0) is 14.8. The molecule has 1 aliphatic heterocycles. The van der Waals surface area contributed by atoms with Crippen LogP contribution < -0.4 is 10.2 Å². The first-order valence-corrected chi connectivity index (χ1v) is 8.17. The Labute approximate surface area is 130 Å². The minimum atomic E-state index is 0.548. The lowest BCUT2D eigenvalue weighted by atomic mass is 10.1. The number of aromatic nitrogens is 4. The fraction of sp³-hybridized carbons (Fsp3) is 0.562. The van der Waals surface area contributed by atoms with E-state index < -0.39 is 0 Å². The maximum atomic E-state index is 4.13. The van der Waals surface area contributed by atoms with Crippen molar-refractivity contribution in [3.8, 4) is 0 Å². The van der Waals surface area contributed by atoms with Gasteiger partial charge in [0.15, 0.2) is 5.82 Å². The van der Waals surface area contributed by atoms with Gasteiger partial charge in [-0.05, 0) is 47.7 Å². The number of nitrogens with zero attached hydrogens (tertiary/aromatic N) is 5. The first kappa shape index (κ1) is 13.7. The molecule has 0 bridgehead atoms. The molecule has 4 rings (SSSR count). The van der Waals surface area contributed by atoms with Crippen molar-refractivity contribution in [3.63, 3.8) is 0 Å². The molecule has 6 heteroatoms. The topological polar surface area (TPSA) is 58.9 Å². The van der Waals surface area contributed by atoms with Crippen LogP contribution in [0.25, 0.3) is 0 Å². The van der Waals surface area contributed by atoms with E-state index in [-0.39, 0.29) is 0 Å². The molecule has 22 heavy (non-hydrogen) atoms. The monoisotopic (exact) mass is 298 g/mol. The highest BCUT2D eigenvalue weighted by atomic mass is 15.6. The number of anilines is 1. The molecule has 0 unspecified atom stereocenters. The Kier molecular flexibility index (Phi) is 3.76. The van der Waals surface area contributed by atoms with Crippen LogP contribution in [0, 0.1) is 5.92 Å². The Bertz CT molecular complexity index is 606. The van der Waals surface area contributed by atoms with Crippen LogP contribution in [-0.2, 0) is 6.54 Å². The minimum absolute atomic E-state index is 0.548. The Morgan fingerprint density at radius 1 is 1.14 bits per heavy atom. The summed E-state index contributed by atoms with van der Waals surface area (Å²) in [6, 6.07) is 11.2. The maximum Gasteiger partial charge on any atom is 0.165 e. The normalized spacial score (nSPS) is 21.5. The van der Waals surface area contributed by atoms with Gasteiger partial charge in [0.05, 0.1) is 12.6 Å². The van der Waals surface area contributed by atoms with E-state index in [0.29, 0.717) is 12.0 Å². The lowest BCUT2D eigenvalue weighted by Gasteiger charge is -2.18. The zero-order valence-electron chi connectivity index (χ0n) is 12.7. The molecular formula is C16H22N6. The standard InChI is InChI=1S/C16H22N6/c1-2-4-14(5-3-1)21-9-8-13(12-21)10-17-11-16-18-19-20-22(16)15-6-7-15/h1-5,13,15,17H,6-12H2/t13-/m1/s1. The van der Waals surface area contributed by atoms with Crippen molar-refractivity contribution < 1.29 is 0 Å². The highest BCUT2D eigenvalue weighted by Crippen LogP contribution is 2.34. The first-order chi connectivity index (χ1) is 10.9. The predicted octanol–water partition coefficient (Wildman–Crippen LogP) is 1.62. The van der Waals surface area contributed by atoms with E-state index in [4.69, 9.17) is 0 Å². The Hall–Kier alpha value is -1.95. The Morgan fingerprint density at radius 3 is 2.82 bits per heavy atom. The van der Waals surface area contributed by atoms with Gasteiger partial charge in [0.2, 0.25) is 0 Å². The fourth-order valence-electron chi connectivity index (χ4n) is 3.19. The second-order valence-electron chi connectivity index (χ2n) is 6.34. The summed E-state index contributed by atoms with van der Waals surface area (Å²) >= 11 is 0. The summed E-state index contributed by atoms with van der Waals surface area (Å²) in [4.78, 5) is 2.47. The lowest BCUT2D eigenvalue weighted by molar-refractivity contribution is 0.492. The number of benzene rings is 1. The summed E-state index contributed by atoms with van der Waals surface area (Å²) < 4.78 is 1.98. The number of hydrogen-bond acceptors (Lipinski definition) is 5. The van der Waals surface area contributed by atoms with E-state index in [9.17, 15) is 0 Å². The summed E-state index contributed by atoms with van der Waals surface area (Å²) in [7, 11) is 0. The maximum absolute atomic E-state index is 4.13. The fourth-order valence-corrected chi connectivity index (χ4v) is 3.19. The van der Waals surface area contributed by atoms with Crippen molar-refractivity contribution >= 4 is 5.69 Å². The van der Waals surface area contributed by atoms with Gasteiger partial charge in [0.1, 0.15) is 0 Å². The zero-order valence-corrected chi connectivity index (χ0v) is 12.7. The van der Waals surface area contributed by atoms with Crippen molar-refractivity contribution in [1.29, 1.82) is 0 Å². The molecule has 1 saturated heterocycles. The van der Waals surface area contributed by atoms with Gasteiger partial charge in [0.25, 0.3) is 0 Å². The van der Waals surface area contributed by atoms with Crippen molar-refractivity contribution in [2.24, 2.45) is 5.92 Å². The average molecular weight is 298 g/mol. The van der Waals surface area contributed by atoms with Crippen LogP contribution in [0.2, 0.25) is 0 Å². The number of hydrogen-bond donors (Lipinski definition) is 1. The SMILES string of the molecule is c1ccc(N2CC[C@H](CNCc3nnnn3C3CC3)C2)cc1. The highest BCUT2D eigenvalue weighted by molar-refractivity contribution is 5.46. The van der Waals surface area contributed by atoms with Crippen LogP contribution >= 0.6 is 0 Å². The summed E-state index contributed by atoms with van der Waals surface area (Å²) in [6.07, 6.45) is 3.68. The van der Waals surface area contributed by atoms with E-state index in [0.717, 1.165) is 32.0 Å². The van der Waals surface area contributed by atoms with Crippen LogP contribution in [0.4, 0.5) is 5.69 Å². The van der Waals surface area contributed by atoms with Crippen molar-refractivity contribution in [3.05, 3.63) is 36.2 Å². The van der Waals surface area contributed by atoms with E-state index in [1.54, 1.807) is 0 Å². The lowest BCUT2D eigenvalue weighted by Crippen LogP contribution is -2.27. The third kappa shape index (κ3) is 2.97. The van der Waals surface area contributed by atoms with Gasteiger partial charge in [-0.1, -0.05) is 18.2 Å². The van der Waals surface area contributed by atoms with Crippen LogP contribution in [0.15, 0.2) is 30.3 Å². The highest BCUT2D eigenvalue weighted by Gasteiger charge is 2.28. The van der Waals surface area contributed by atoms with Gasteiger partial charge in [-0.2, -0.15) is 0 Å². The third-order valence-electron chi connectivity index (χ3n) is 4.58. The third-order valence-corrected chi connectivity index (χ3v) is 4.58. The van der Waals surface area contributed by atoms with E-state index in [1.807, 2.05) is 4.68 Å². The number of para-hydroxylation sites is 1. The smallest absolute Gasteiger partial charge is 0.165 e. The first-order valence-electron chi connectivity index (χ1n) is 8.17. The molecule has 2 aromatic rings. The second-order valence-corrected chi connectivity index (χ2v) is 6.34. The van der Waals surface area contributed by atoms with Crippen molar-refractivity contribution in [2.75, 3.05) is 24.5 Å². The minimum Gasteiger partial charge on any atom is -0.371 e. The number of tetrazole rings is 1. The molecule has 1 saturated carbocycles. The van der Waals surface area contributed by atoms with Crippen LogP contribution in [-0.4, -0.2) is 39.8 Å². The average Bonchev–Trinajstić information content (AvgIpc) is 3.11. The Morgan fingerprint density at radius 2 is 2.00 bits per heavy atom. The van der Waals surface area contributed by atoms with Crippen LogP contribution in [0.3, 0.4) is 0 Å². The molecular weight excluding hydrogens is 276 g/mol. The van der Waals surface area contributed by atoms with Gasteiger partial charge in [-0.3, -0.25) is 0 Å².